The van der Waals surface area contributed by atoms with Gasteiger partial charge < -0.3 is 0 Å². The average molecular weight is 699 g/mol. The van der Waals surface area contributed by atoms with E-state index >= 15 is 0 Å². The summed E-state index contributed by atoms with van der Waals surface area (Å²) in [5.74, 6) is 9.72. The van der Waals surface area contributed by atoms with Crippen LogP contribution < -0.4 is 0 Å². The topological polar surface area (TPSA) is 0 Å². The van der Waals surface area contributed by atoms with Gasteiger partial charge in [-0.1, -0.05) is 248 Å². The largest absolute Gasteiger partial charge is 0.0683 e. The lowest BCUT2D eigenvalue weighted by Crippen LogP contribution is -2.22. The van der Waals surface area contributed by atoms with E-state index < -0.39 is 0 Å². The first-order chi connectivity index (χ1) is 24.6. The summed E-state index contributed by atoms with van der Waals surface area (Å²) in [5, 5.41) is 0. The molecule has 0 saturated heterocycles. The van der Waals surface area contributed by atoms with Gasteiger partial charge in [-0.2, -0.15) is 0 Å². The van der Waals surface area contributed by atoms with E-state index in [0.717, 1.165) is 53.3 Å². The van der Waals surface area contributed by atoms with Gasteiger partial charge in [-0.25, -0.2) is 0 Å². The minimum Gasteiger partial charge on any atom is -0.0683 e. The van der Waals surface area contributed by atoms with E-state index in [2.05, 4.69) is 20.8 Å². The van der Waals surface area contributed by atoms with Gasteiger partial charge >= 0.3 is 0 Å². The van der Waals surface area contributed by atoms with Gasteiger partial charge in [-0.3, -0.25) is 0 Å². The molecular formula is C50H98. The van der Waals surface area contributed by atoms with Crippen molar-refractivity contribution >= 4 is 0 Å². The predicted molar refractivity (Wildman–Crippen MR) is 228 cm³/mol. The fourth-order valence-electron chi connectivity index (χ4n) is 11.1. The quantitative estimate of drug-likeness (QED) is 0.275. The second-order valence-electron chi connectivity index (χ2n) is 18.7. The van der Waals surface area contributed by atoms with Crippen LogP contribution in [0.4, 0.5) is 0 Å². The Kier molecular flexibility index (Phi) is 28.0. The highest BCUT2D eigenvalue weighted by Gasteiger charge is 2.35. The minimum absolute atomic E-state index is 1.01. The molecule has 0 aromatic rings. The number of rotatable bonds is 3. The summed E-state index contributed by atoms with van der Waals surface area (Å²) in [6, 6.07) is 0. The van der Waals surface area contributed by atoms with E-state index in [-0.39, 0.29) is 0 Å². The standard InChI is InChI=1S/C20H36.C17H32.C9H18.2C2H6/c1-16-7-5-11-17(12-6-8-16)19-9-3-2-4-10-20(15-19)18-13-14-18;1-15-9-7-13-17(14-8-10-15)16-11-5-3-2-4-6-12-16;1-9-7-5-3-2-4-6-8-9;2*1-2/h16-20H,2-15H2,1H3;15-17H,2-14H2,1H3;9H,2-8H2,1H3;2*1-2H3. The molecule has 50 heavy (non-hydrogen) atoms. The maximum absolute atomic E-state index is 2.47. The molecule has 6 saturated carbocycles. The first kappa shape index (κ1) is 46.2. The maximum Gasteiger partial charge on any atom is -0.0383 e. The first-order valence-electron chi connectivity index (χ1n) is 24.6. The Morgan fingerprint density at radius 3 is 0.740 bits per heavy atom. The molecule has 0 bridgehead atoms. The van der Waals surface area contributed by atoms with E-state index in [0.29, 0.717) is 0 Å². The van der Waals surface area contributed by atoms with Crippen LogP contribution in [0.25, 0.3) is 0 Å². The third kappa shape index (κ3) is 21.0. The van der Waals surface area contributed by atoms with Crippen LogP contribution in [0, 0.1) is 53.3 Å². The van der Waals surface area contributed by atoms with Crippen molar-refractivity contribution in [1.29, 1.82) is 0 Å². The van der Waals surface area contributed by atoms with E-state index in [9.17, 15) is 0 Å². The normalized spacial score (nSPS) is 32.9. The molecule has 0 heteroatoms. The molecular weight excluding hydrogens is 601 g/mol. The van der Waals surface area contributed by atoms with Gasteiger partial charge in [-0.05, 0) is 72.5 Å². The van der Waals surface area contributed by atoms with Crippen LogP contribution in [0.2, 0.25) is 0 Å². The zero-order valence-corrected chi connectivity index (χ0v) is 36.2. The lowest BCUT2D eigenvalue weighted by molar-refractivity contribution is 0.173. The lowest BCUT2D eigenvalue weighted by Gasteiger charge is -2.34. The van der Waals surface area contributed by atoms with Crippen LogP contribution in [0.5, 0.6) is 0 Å². The van der Waals surface area contributed by atoms with Gasteiger partial charge in [0, 0.05) is 0 Å². The Balaban J connectivity index is 0.000000262. The summed E-state index contributed by atoms with van der Waals surface area (Å²) in [4.78, 5) is 0. The molecule has 2 atom stereocenters. The van der Waals surface area contributed by atoms with Crippen molar-refractivity contribution in [2.24, 2.45) is 53.3 Å². The molecule has 6 fully saturated rings. The molecule has 2 unspecified atom stereocenters. The van der Waals surface area contributed by atoms with Gasteiger partial charge in [0.15, 0.2) is 0 Å². The fourth-order valence-corrected chi connectivity index (χ4v) is 11.1. The van der Waals surface area contributed by atoms with Crippen LogP contribution in [-0.2, 0) is 0 Å². The molecule has 0 aromatic carbocycles. The minimum atomic E-state index is 1.01. The molecule has 6 aliphatic rings. The molecule has 0 nitrogen and oxygen atoms in total. The summed E-state index contributed by atoms with van der Waals surface area (Å²) in [5.41, 5.74) is 0. The Morgan fingerprint density at radius 2 is 0.400 bits per heavy atom. The Morgan fingerprint density at radius 1 is 0.200 bits per heavy atom. The van der Waals surface area contributed by atoms with Gasteiger partial charge in [0.1, 0.15) is 0 Å². The van der Waals surface area contributed by atoms with Crippen molar-refractivity contribution in [1.82, 2.24) is 0 Å². The summed E-state index contributed by atoms with van der Waals surface area (Å²) >= 11 is 0. The Labute approximate surface area is 319 Å². The lowest BCUT2D eigenvalue weighted by atomic mass is 9.72. The monoisotopic (exact) mass is 699 g/mol. The van der Waals surface area contributed by atoms with Crippen molar-refractivity contribution in [2.75, 3.05) is 0 Å². The van der Waals surface area contributed by atoms with E-state index in [4.69, 9.17) is 0 Å². The molecule has 0 radical (unpaired) electrons. The van der Waals surface area contributed by atoms with Crippen LogP contribution >= 0.6 is 0 Å². The molecule has 0 spiro atoms. The second kappa shape index (κ2) is 30.3. The highest BCUT2D eigenvalue weighted by molar-refractivity contribution is 4.86. The SMILES string of the molecule is CC.CC.CC1CCCC(C2CCCCCC(C3CC3)C2)CCC1.CC1CCCC(C2CCCCCCC2)CCC1.CC1CCCCCCC1. The number of hydrogen-bond acceptors (Lipinski definition) is 0. The average Bonchev–Trinajstić information content (AvgIpc) is 3.91. The van der Waals surface area contributed by atoms with E-state index in [1.165, 1.54) is 148 Å². The second-order valence-corrected chi connectivity index (χ2v) is 18.7. The van der Waals surface area contributed by atoms with Gasteiger partial charge in [0.25, 0.3) is 0 Å². The zero-order chi connectivity index (χ0) is 36.2. The summed E-state index contributed by atoms with van der Waals surface area (Å²) < 4.78 is 0. The molecule has 298 valence electrons. The van der Waals surface area contributed by atoms with Crippen molar-refractivity contribution in [3.8, 4) is 0 Å². The van der Waals surface area contributed by atoms with Crippen molar-refractivity contribution in [3.63, 3.8) is 0 Å². The third-order valence-corrected chi connectivity index (χ3v) is 14.5. The molecule has 0 aliphatic heterocycles. The Hall–Kier alpha value is 0. The van der Waals surface area contributed by atoms with Crippen molar-refractivity contribution in [3.05, 3.63) is 0 Å². The smallest absolute Gasteiger partial charge is 0.0383 e. The summed E-state index contributed by atoms with van der Waals surface area (Å²) in [6.07, 6.45) is 52.0. The Bertz CT molecular complexity index is 684. The van der Waals surface area contributed by atoms with Crippen molar-refractivity contribution < 1.29 is 0 Å². The van der Waals surface area contributed by atoms with Crippen LogP contribution in [0.1, 0.15) is 267 Å². The molecule has 6 rings (SSSR count). The summed E-state index contributed by atoms with van der Waals surface area (Å²) in [6.45, 7) is 15.3. The third-order valence-electron chi connectivity index (χ3n) is 14.5. The highest BCUT2D eigenvalue weighted by Crippen LogP contribution is 2.47. The molecule has 0 amide bonds. The van der Waals surface area contributed by atoms with E-state index in [1.54, 1.807) is 70.6 Å². The molecule has 0 N–H and O–H groups in total. The zero-order valence-electron chi connectivity index (χ0n) is 36.2. The first-order valence-corrected chi connectivity index (χ1v) is 24.6. The van der Waals surface area contributed by atoms with Crippen LogP contribution in [-0.4, -0.2) is 0 Å². The van der Waals surface area contributed by atoms with Crippen LogP contribution in [0.3, 0.4) is 0 Å². The van der Waals surface area contributed by atoms with Gasteiger partial charge in [0.2, 0.25) is 0 Å². The van der Waals surface area contributed by atoms with Crippen molar-refractivity contribution in [2.45, 2.75) is 267 Å². The van der Waals surface area contributed by atoms with Gasteiger partial charge in [0.05, 0.1) is 0 Å². The number of hydrogen-bond donors (Lipinski definition) is 0. The fraction of sp³-hybridized carbons (Fsp3) is 1.00. The summed E-state index contributed by atoms with van der Waals surface area (Å²) in [7, 11) is 0. The van der Waals surface area contributed by atoms with Gasteiger partial charge in [-0.15, -0.1) is 0 Å². The molecule has 0 aromatic heterocycles. The molecule has 0 heterocycles. The van der Waals surface area contributed by atoms with Crippen LogP contribution in [0.15, 0.2) is 0 Å². The maximum atomic E-state index is 2.47. The molecule has 6 aliphatic carbocycles. The highest BCUT2D eigenvalue weighted by atomic mass is 14.4. The van der Waals surface area contributed by atoms with E-state index in [1.807, 2.05) is 27.7 Å². The predicted octanol–water partition coefficient (Wildman–Crippen LogP) is 18.0.